The Hall–Kier alpha value is -5.78. The molecule has 5 aromatic rings. The molecule has 54 heavy (non-hydrogen) atoms. The first-order valence-corrected chi connectivity index (χ1v) is 19.8. The summed E-state index contributed by atoms with van der Waals surface area (Å²) in [5, 5.41) is 33.6. The number of allylic oxidation sites excluding steroid dienone is 1. The maximum atomic E-state index is 14.7. The number of anilines is 6. The standard InChI is InChI=1S/C36H27Br2FIN9O5/c1-42-35(53)30-15-25(11-12-43-30)54-24-8-6-21(7-9-24)47-36-44-19-28(39)33(49-36)46-23-4-2-3-22(14-23)45-32(51)17-40-16-31(50)26(18-41)34(52)48-29-13-20(37)5-10-27(29)38/h2-15,17,19,50H,16H2,1H3,(H,42,53)(H,45,51)(H,48,52)(H2,44,46,47,49)/b31-26-. The van der Waals surface area contributed by atoms with Crippen molar-refractivity contribution in [1.29, 1.82) is 5.26 Å². The number of hydrogen-bond donors (Lipinski definition) is 6. The molecule has 0 saturated carbocycles. The van der Waals surface area contributed by atoms with Crippen LogP contribution in [0.1, 0.15) is 10.5 Å². The van der Waals surface area contributed by atoms with Crippen LogP contribution in [-0.2, 0) is 9.59 Å². The third kappa shape index (κ3) is 11.1. The minimum Gasteiger partial charge on any atom is -0.510 e. The Morgan fingerprint density at radius 1 is 0.944 bits per heavy atom. The molecule has 2 heterocycles. The van der Waals surface area contributed by atoms with Gasteiger partial charge in [0.1, 0.15) is 29.0 Å². The fraction of sp³-hybridized carbons (Fsp3) is 0.0556. The molecule has 0 unspecified atom stereocenters. The SMILES string of the molecule is CNC(=O)c1cc(Oc2ccc(Nc3ncc(F)c(Nc4cccc(NC(=O)C=IC/C(O)=C(\C#N)C(=O)Nc5cc(Br)ccc5Br)c4)n3)cc2)ccn1. The van der Waals surface area contributed by atoms with Gasteiger partial charge in [0, 0.05) is 49.3 Å². The van der Waals surface area contributed by atoms with Gasteiger partial charge in [-0.15, -0.1) is 20.7 Å². The van der Waals surface area contributed by atoms with Gasteiger partial charge in [0.2, 0.25) is 5.95 Å². The van der Waals surface area contributed by atoms with E-state index in [1.165, 1.54) is 23.3 Å². The zero-order valence-electron chi connectivity index (χ0n) is 27.8. The number of carbonyl (C=O) groups excluding carboxylic acids is 3. The lowest BCUT2D eigenvalue weighted by atomic mass is 10.2. The third-order valence-electron chi connectivity index (χ3n) is 6.86. The highest BCUT2D eigenvalue weighted by molar-refractivity contribution is 14.2. The number of alkyl halides is 1. The molecule has 18 heteroatoms. The van der Waals surface area contributed by atoms with Crippen LogP contribution < -0.4 is 31.3 Å². The number of aliphatic hydroxyl groups excluding tert-OH is 1. The lowest BCUT2D eigenvalue weighted by Gasteiger charge is -2.11. The summed E-state index contributed by atoms with van der Waals surface area (Å²) in [5.74, 6) is -1.80. The molecule has 5 rings (SSSR count). The molecule has 0 aliphatic rings. The Labute approximate surface area is 334 Å². The van der Waals surface area contributed by atoms with E-state index in [9.17, 15) is 29.1 Å². The molecular formula is C36H27Br2FIN9O5. The number of aliphatic hydroxyl groups is 1. The molecule has 14 nitrogen and oxygen atoms in total. The number of ether oxygens (including phenoxy) is 1. The van der Waals surface area contributed by atoms with Crippen LogP contribution in [0.25, 0.3) is 0 Å². The van der Waals surface area contributed by atoms with Gasteiger partial charge in [0.15, 0.2) is 17.2 Å². The number of pyridine rings is 1. The van der Waals surface area contributed by atoms with Gasteiger partial charge in [-0.25, -0.2) is 9.37 Å². The summed E-state index contributed by atoms with van der Waals surface area (Å²) in [4.78, 5) is 49.4. The molecule has 0 bridgehead atoms. The van der Waals surface area contributed by atoms with Crippen molar-refractivity contribution in [2.24, 2.45) is 0 Å². The molecule has 3 amide bonds. The van der Waals surface area contributed by atoms with Gasteiger partial charge in [-0.2, -0.15) is 10.2 Å². The van der Waals surface area contributed by atoms with Crippen molar-refractivity contribution in [2.75, 3.05) is 32.7 Å². The Morgan fingerprint density at radius 2 is 1.72 bits per heavy atom. The van der Waals surface area contributed by atoms with Crippen LogP contribution in [0.4, 0.5) is 38.9 Å². The summed E-state index contributed by atoms with van der Waals surface area (Å²) in [6.45, 7) is 0. The first-order valence-electron chi connectivity index (χ1n) is 15.4. The van der Waals surface area contributed by atoms with Gasteiger partial charge in [-0.1, -0.05) is 22.0 Å². The van der Waals surface area contributed by atoms with Gasteiger partial charge in [0.25, 0.3) is 17.7 Å². The van der Waals surface area contributed by atoms with Crippen LogP contribution in [0.15, 0.2) is 112 Å². The van der Waals surface area contributed by atoms with E-state index in [2.05, 4.69) is 73.4 Å². The van der Waals surface area contributed by atoms with E-state index in [-0.39, 0.29) is 27.8 Å². The van der Waals surface area contributed by atoms with Crippen molar-refractivity contribution in [3.8, 4) is 17.6 Å². The van der Waals surface area contributed by atoms with Crippen molar-refractivity contribution in [3.63, 3.8) is 0 Å². The summed E-state index contributed by atoms with van der Waals surface area (Å²) in [5.41, 5.74) is 1.58. The predicted octanol–water partition coefficient (Wildman–Crippen LogP) is 7.86. The number of benzene rings is 3. The zero-order valence-corrected chi connectivity index (χ0v) is 33.2. The van der Waals surface area contributed by atoms with Crippen LogP contribution in [0.5, 0.6) is 11.5 Å². The van der Waals surface area contributed by atoms with E-state index in [1.807, 2.05) is 0 Å². The second kappa shape index (κ2) is 18.8. The fourth-order valence-electron chi connectivity index (χ4n) is 4.37. The van der Waals surface area contributed by atoms with Crippen molar-refractivity contribution in [1.82, 2.24) is 20.3 Å². The van der Waals surface area contributed by atoms with Crippen molar-refractivity contribution in [2.45, 2.75) is 0 Å². The highest BCUT2D eigenvalue weighted by Crippen LogP contribution is 2.28. The Bertz CT molecular complexity index is 2320. The molecule has 3 aromatic carbocycles. The van der Waals surface area contributed by atoms with Gasteiger partial charge in [-0.3, -0.25) is 19.4 Å². The van der Waals surface area contributed by atoms with E-state index < -0.39 is 49.7 Å². The maximum absolute atomic E-state index is 14.7. The number of carbonyl (C=O) groups is 3. The number of hydrogen-bond acceptors (Lipinski definition) is 11. The lowest BCUT2D eigenvalue weighted by Crippen LogP contribution is -2.18. The number of halogens is 4. The van der Waals surface area contributed by atoms with Crippen LogP contribution in [0.2, 0.25) is 0 Å². The minimum atomic E-state index is -1.09. The van der Waals surface area contributed by atoms with E-state index >= 15 is 0 Å². The molecule has 0 aliphatic carbocycles. The quantitative estimate of drug-likeness (QED) is 0.0221. The van der Waals surface area contributed by atoms with Crippen LogP contribution >= 0.6 is 52.6 Å². The molecule has 0 fully saturated rings. The second-order valence-corrected chi connectivity index (χ2v) is 14.7. The first kappa shape index (κ1) is 39.4. The normalized spacial score (nSPS) is 11.3. The van der Waals surface area contributed by atoms with Crippen molar-refractivity contribution < 1.29 is 28.6 Å². The molecular weight excluding hydrogens is 944 g/mol. The average Bonchev–Trinajstić information content (AvgIpc) is 3.15. The number of nitrogens with zero attached hydrogens (tertiary/aromatic N) is 4. The van der Waals surface area contributed by atoms with Gasteiger partial charge in [-0.05, 0) is 82.7 Å². The summed E-state index contributed by atoms with van der Waals surface area (Å²) in [7, 11) is 1.51. The largest absolute Gasteiger partial charge is 0.510 e. The highest BCUT2D eigenvalue weighted by Gasteiger charge is 2.17. The molecule has 0 spiro atoms. The molecule has 274 valence electrons. The van der Waals surface area contributed by atoms with Gasteiger partial charge in [0.05, 0.1) is 16.3 Å². The van der Waals surface area contributed by atoms with Crippen LogP contribution in [0.3, 0.4) is 0 Å². The smallest absolute Gasteiger partial charge is 0.269 e. The number of rotatable bonds is 13. The number of amides is 3. The number of nitrogens with one attached hydrogen (secondary N) is 5. The van der Waals surface area contributed by atoms with Crippen LogP contribution in [0, 0.1) is 17.1 Å². The molecule has 0 saturated heterocycles. The maximum Gasteiger partial charge on any atom is 0.269 e. The molecule has 0 atom stereocenters. The number of aromatic nitrogens is 3. The Morgan fingerprint density at radius 3 is 2.48 bits per heavy atom. The zero-order chi connectivity index (χ0) is 38.6. The molecule has 0 radical (unpaired) electrons. The summed E-state index contributed by atoms with van der Waals surface area (Å²) in [6, 6.07) is 23.3. The van der Waals surface area contributed by atoms with Gasteiger partial charge < -0.3 is 36.4 Å². The van der Waals surface area contributed by atoms with E-state index in [0.29, 0.717) is 43.2 Å². The monoisotopic (exact) mass is 969 g/mol. The fourth-order valence-corrected chi connectivity index (χ4v) is 6.65. The molecule has 2 aromatic heterocycles. The molecule has 6 N–H and O–H groups in total. The predicted molar refractivity (Wildman–Crippen MR) is 218 cm³/mol. The second-order valence-electron chi connectivity index (χ2n) is 10.7. The van der Waals surface area contributed by atoms with Gasteiger partial charge >= 0.3 is 0 Å². The van der Waals surface area contributed by atoms with E-state index in [1.54, 1.807) is 78.9 Å². The van der Waals surface area contributed by atoms with Crippen LogP contribution in [-0.4, -0.2) is 53.3 Å². The summed E-state index contributed by atoms with van der Waals surface area (Å²) in [6.07, 6.45) is 2.48. The first-order chi connectivity index (χ1) is 26.0. The Kier molecular flexibility index (Phi) is 13.7. The highest BCUT2D eigenvalue weighted by atomic mass is 127. The third-order valence-corrected chi connectivity index (χ3v) is 10.2. The van der Waals surface area contributed by atoms with E-state index in [0.717, 1.165) is 6.20 Å². The Balaban J connectivity index is 1.16. The summed E-state index contributed by atoms with van der Waals surface area (Å²) >= 11 is 5.55. The number of nitriles is 1. The molecule has 0 aliphatic heterocycles. The van der Waals surface area contributed by atoms with E-state index in [4.69, 9.17) is 4.74 Å². The topological polar surface area (TPSA) is 203 Å². The van der Waals surface area contributed by atoms with Crippen molar-refractivity contribution in [3.05, 3.63) is 123 Å². The van der Waals surface area contributed by atoms with Crippen molar-refractivity contribution >= 4 is 109 Å². The minimum absolute atomic E-state index is 0.0299. The average molecular weight is 971 g/mol. The summed E-state index contributed by atoms with van der Waals surface area (Å²) < 4.78 is 23.2. The lowest BCUT2D eigenvalue weighted by molar-refractivity contribution is -0.112.